The number of halogens is 1. The standard InChI is InChI=1S/C19H20ClN5S/c20-16-4-6-17(7-5-16)25-18(15-8-10-21-11-9-15)22-24(19(25)26)14-23-12-2-1-3-13-23/h4-11H,1-3,12-14H2/p+1. The summed E-state index contributed by atoms with van der Waals surface area (Å²) in [5.41, 5.74) is 1.96. The summed E-state index contributed by atoms with van der Waals surface area (Å²) < 4.78 is 4.68. The quantitative estimate of drug-likeness (QED) is 0.700. The molecule has 134 valence electrons. The minimum absolute atomic E-state index is 0.705. The predicted molar refractivity (Wildman–Crippen MR) is 105 cm³/mol. The third-order valence-corrected chi connectivity index (χ3v) is 5.44. The lowest BCUT2D eigenvalue weighted by Crippen LogP contribution is -3.12. The molecule has 1 aromatic carbocycles. The van der Waals surface area contributed by atoms with Crippen LogP contribution in [0.4, 0.5) is 0 Å². The van der Waals surface area contributed by atoms with Crippen molar-refractivity contribution >= 4 is 23.8 Å². The Morgan fingerprint density at radius 3 is 2.38 bits per heavy atom. The molecule has 5 nitrogen and oxygen atoms in total. The first-order chi connectivity index (χ1) is 12.7. The van der Waals surface area contributed by atoms with Crippen molar-refractivity contribution in [1.29, 1.82) is 0 Å². The largest absolute Gasteiger partial charge is 0.316 e. The number of benzene rings is 1. The van der Waals surface area contributed by atoms with Crippen LogP contribution in [0.5, 0.6) is 0 Å². The molecule has 3 aromatic rings. The summed E-state index contributed by atoms with van der Waals surface area (Å²) in [7, 11) is 0. The van der Waals surface area contributed by atoms with Crippen molar-refractivity contribution in [1.82, 2.24) is 19.3 Å². The molecule has 0 atom stereocenters. The molecule has 1 aliphatic heterocycles. The Hall–Kier alpha value is -2.02. The maximum atomic E-state index is 6.06. The lowest BCUT2D eigenvalue weighted by Gasteiger charge is -2.22. The summed E-state index contributed by atoms with van der Waals surface area (Å²) in [4.78, 5) is 5.65. The van der Waals surface area contributed by atoms with E-state index in [-0.39, 0.29) is 0 Å². The van der Waals surface area contributed by atoms with E-state index in [1.807, 2.05) is 45.6 Å². The minimum atomic E-state index is 0.705. The molecular weight excluding hydrogens is 366 g/mol. The third kappa shape index (κ3) is 3.58. The molecule has 26 heavy (non-hydrogen) atoms. The molecule has 0 radical (unpaired) electrons. The molecule has 4 rings (SSSR count). The number of quaternary nitrogens is 1. The van der Waals surface area contributed by atoms with Gasteiger partial charge in [-0.25, -0.2) is 0 Å². The minimum Gasteiger partial charge on any atom is -0.316 e. The molecule has 3 heterocycles. The number of aromatic nitrogens is 4. The summed E-state index contributed by atoms with van der Waals surface area (Å²) in [6.07, 6.45) is 7.44. The van der Waals surface area contributed by atoms with Gasteiger partial charge in [-0.05, 0) is 67.9 Å². The molecule has 1 N–H and O–H groups in total. The molecule has 0 bridgehead atoms. The lowest BCUT2D eigenvalue weighted by atomic mass is 10.1. The molecule has 2 aromatic heterocycles. The molecule has 1 fully saturated rings. The number of likely N-dealkylation sites (tertiary alicyclic amines) is 1. The Morgan fingerprint density at radius 1 is 1.00 bits per heavy atom. The summed E-state index contributed by atoms with van der Waals surface area (Å²) >= 11 is 11.9. The van der Waals surface area contributed by atoms with E-state index in [0.29, 0.717) is 9.79 Å². The van der Waals surface area contributed by atoms with Crippen LogP contribution in [0, 0.1) is 4.77 Å². The smallest absolute Gasteiger partial charge is 0.207 e. The molecule has 7 heteroatoms. The van der Waals surface area contributed by atoms with Crippen molar-refractivity contribution in [3.63, 3.8) is 0 Å². The van der Waals surface area contributed by atoms with E-state index in [1.165, 1.54) is 37.3 Å². The van der Waals surface area contributed by atoms with Gasteiger partial charge in [0.15, 0.2) is 12.5 Å². The first kappa shape index (κ1) is 17.4. The van der Waals surface area contributed by atoms with Gasteiger partial charge in [-0.2, -0.15) is 4.68 Å². The number of nitrogens with one attached hydrogen (secondary N) is 1. The van der Waals surface area contributed by atoms with Crippen LogP contribution in [-0.4, -0.2) is 32.4 Å². The fourth-order valence-electron chi connectivity index (χ4n) is 3.44. The van der Waals surface area contributed by atoms with Crippen LogP contribution in [0.1, 0.15) is 19.3 Å². The van der Waals surface area contributed by atoms with Crippen molar-refractivity contribution in [2.75, 3.05) is 13.1 Å². The Kier molecular flexibility index (Phi) is 5.15. The summed E-state index contributed by atoms with van der Waals surface area (Å²) in [6, 6.07) is 11.6. The average molecular weight is 387 g/mol. The maximum Gasteiger partial charge on any atom is 0.207 e. The average Bonchev–Trinajstić information content (AvgIpc) is 3.00. The van der Waals surface area contributed by atoms with Crippen molar-refractivity contribution in [3.8, 4) is 17.1 Å². The number of hydrogen-bond donors (Lipinski definition) is 1. The highest BCUT2D eigenvalue weighted by Gasteiger charge is 2.19. The van der Waals surface area contributed by atoms with Gasteiger partial charge in [0.1, 0.15) is 0 Å². The predicted octanol–water partition coefficient (Wildman–Crippen LogP) is 3.14. The zero-order valence-electron chi connectivity index (χ0n) is 14.4. The van der Waals surface area contributed by atoms with Crippen LogP contribution in [0.15, 0.2) is 48.8 Å². The fraction of sp³-hybridized carbons (Fsp3) is 0.316. The Labute approximate surface area is 162 Å². The van der Waals surface area contributed by atoms with Gasteiger partial charge < -0.3 is 4.90 Å². The van der Waals surface area contributed by atoms with Crippen molar-refractivity contribution in [2.45, 2.75) is 25.9 Å². The van der Waals surface area contributed by atoms with Crippen LogP contribution >= 0.6 is 23.8 Å². The van der Waals surface area contributed by atoms with Gasteiger partial charge in [0.05, 0.1) is 18.8 Å². The van der Waals surface area contributed by atoms with E-state index in [2.05, 4.69) is 4.98 Å². The second-order valence-corrected chi connectivity index (χ2v) is 7.42. The van der Waals surface area contributed by atoms with Crippen LogP contribution < -0.4 is 4.90 Å². The Bertz CT molecular complexity index is 927. The molecular formula is C19H21ClN5S+. The number of hydrogen-bond acceptors (Lipinski definition) is 3. The number of nitrogens with zero attached hydrogens (tertiary/aromatic N) is 4. The highest BCUT2D eigenvalue weighted by atomic mass is 35.5. The zero-order valence-corrected chi connectivity index (χ0v) is 16.0. The van der Waals surface area contributed by atoms with Crippen LogP contribution in [-0.2, 0) is 6.67 Å². The fourth-order valence-corrected chi connectivity index (χ4v) is 3.87. The van der Waals surface area contributed by atoms with Gasteiger partial charge in [-0.3, -0.25) is 9.55 Å². The van der Waals surface area contributed by atoms with E-state index in [0.717, 1.165) is 23.7 Å². The summed E-state index contributed by atoms with van der Waals surface area (Å²) in [5, 5.41) is 5.57. The van der Waals surface area contributed by atoms with Crippen LogP contribution in [0.2, 0.25) is 5.02 Å². The first-order valence-corrected chi connectivity index (χ1v) is 9.71. The zero-order chi connectivity index (χ0) is 17.9. The molecule has 1 saturated heterocycles. The van der Waals surface area contributed by atoms with Gasteiger partial charge in [-0.1, -0.05) is 11.6 Å². The van der Waals surface area contributed by atoms with Gasteiger partial charge >= 0.3 is 0 Å². The third-order valence-electron chi connectivity index (χ3n) is 4.80. The number of piperidine rings is 1. The normalized spacial score (nSPS) is 15.3. The molecule has 0 aliphatic carbocycles. The summed E-state index contributed by atoms with van der Waals surface area (Å²) in [5.74, 6) is 0.830. The van der Waals surface area contributed by atoms with Gasteiger partial charge in [0.2, 0.25) is 4.77 Å². The second kappa shape index (κ2) is 7.70. The van der Waals surface area contributed by atoms with Crippen molar-refractivity contribution in [3.05, 3.63) is 58.6 Å². The maximum absolute atomic E-state index is 6.06. The van der Waals surface area contributed by atoms with Crippen molar-refractivity contribution < 1.29 is 4.90 Å². The highest BCUT2D eigenvalue weighted by molar-refractivity contribution is 7.71. The Balaban J connectivity index is 1.79. The van der Waals surface area contributed by atoms with Crippen LogP contribution in [0.3, 0.4) is 0 Å². The summed E-state index contributed by atoms with van der Waals surface area (Å²) in [6.45, 7) is 3.16. The van der Waals surface area contributed by atoms with Gasteiger partial charge in [0.25, 0.3) is 0 Å². The molecule has 0 saturated carbocycles. The number of rotatable bonds is 4. The second-order valence-electron chi connectivity index (χ2n) is 6.62. The molecule has 1 aliphatic rings. The number of pyridine rings is 1. The monoisotopic (exact) mass is 386 g/mol. The SMILES string of the molecule is S=c1n(C[NH+]2CCCCC2)nc(-c2ccncc2)n1-c1ccc(Cl)cc1. The molecule has 0 unspecified atom stereocenters. The van der Waals surface area contributed by atoms with Crippen molar-refractivity contribution in [2.24, 2.45) is 0 Å². The highest BCUT2D eigenvalue weighted by Crippen LogP contribution is 2.23. The molecule has 0 spiro atoms. The van der Waals surface area contributed by atoms with E-state index >= 15 is 0 Å². The van der Waals surface area contributed by atoms with E-state index in [1.54, 1.807) is 12.4 Å². The lowest BCUT2D eigenvalue weighted by molar-refractivity contribution is -0.928. The van der Waals surface area contributed by atoms with Gasteiger partial charge in [0, 0.05) is 23.0 Å². The Morgan fingerprint density at radius 2 is 1.69 bits per heavy atom. The van der Waals surface area contributed by atoms with E-state index in [4.69, 9.17) is 28.9 Å². The van der Waals surface area contributed by atoms with E-state index in [9.17, 15) is 0 Å². The van der Waals surface area contributed by atoms with Crippen LogP contribution in [0.25, 0.3) is 17.1 Å². The topological polar surface area (TPSA) is 40.1 Å². The van der Waals surface area contributed by atoms with Gasteiger partial charge in [-0.15, -0.1) is 5.10 Å². The van der Waals surface area contributed by atoms with E-state index < -0.39 is 0 Å². The molecule has 0 amide bonds. The first-order valence-electron chi connectivity index (χ1n) is 8.92.